The topological polar surface area (TPSA) is 66.4 Å². The minimum atomic E-state index is -3.10. The first-order valence-corrected chi connectivity index (χ1v) is 7.31. The van der Waals surface area contributed by atoms with Crippen molar-refractivity contribution >= 4 is 10.0 Å². The van der Waals surface area contributed by atoms with Gasteiger partial charge in [0.1, 0.15) is 0 Å². The van der Waals surface area contributed by atoms with Gasteiger partial charge < -0.3 is 5.11 Å². The Morgan fingerprint density at radius 1 is 1.13 bits per heavy atom. The van der Waals surface area contributed by atoms with Crippen LogP contribution in [-0.4, -0.2) is 31.9 Å². The van der Waals surface area contributed by atoms with Gasteiger partial charge in [0.05, 0.1) is 5.25 Å². The van der Waals surface area contributed by atoms with Crippen LogP contribution < -0.4 is 4.72 Å². The van der Waals surface area contributed by atoms with Gasteiger partial charge >= 0.3 is 0 Å². The van der Waals surface area contributed by atoms with Gasteiger partial charge in [-0.2, -0.15) is 0 Å². The smallest absolute Gasteiger partial charge is 0.214 e. The molecule has 0 aromatic rings. The van der Waals surface area contributed by atoms with Gasteiger partial charge in [-0.1, -0.05) is 19.3 Å². The van der Waals surface area contributed by atoms with Crippen molar-refractivity contribution in [3.05, 3.63) is 0 Å². The zero-order chi connectivity index (χ0) is 11.1. The number of unbranched alkanes of at least 4 members (excludes halogenated alkanes) is 1. The van der Waals surface area contributed by atoms with Crippen LogP contribution in [0.5, 0.6) is 0 Å². The van der Waals surface area contributed by atoms with Crippen molar-refractivity contribution in [1.82, 2.24) is 4.72 Å². The fourth-order valence-electron chi connectivity index (χ4n) is 1.94. The van der Waals surface area contributed by atoms with Crippen molar-refractivity contribution < 1.29 is 13.5 Å². The van der Waals surface area contributed by atoms with E-state index in [1.165, 1.54) is 0 Å². The Morgan fingerprint density at radius 2 is 1.80 bits per heavy atom. The molecule has 90 valence electrons. The summed E-state index contributed by atoms with van der Waals surface area (Å²) >= 11 is 0. The summed E-state index contributed by atoms with van der Waals surface area (Å²) in [5.41, 5.74) is 0. The molecule has 0 aliphatic heterocycles. The summed E-state index contributed by atoms with van der Waals surface area (Å²) in [7, 11) is -3.10. The molecule has 0 spiro atoms. The molecular weight excluding hydrogens is 214 g/mol. The molecule has 0 atom stereocenters. The average molecular weight is 235 g/mol. The standard InChI is InChI=1S/C10H21NO3S/c12-9-5-4-8-11-15(13,14)10-6-2-1-3-7-10/h10-12H,1-9H2. The second-order valence-corrected chi connectivity index (χ2v) is 6.18. The maximum atomic E-state index is 11.8. The normalized spacial score (nSPS) is 19.3. The van der Waals surface area contributed by atoms with Crippen LogP contribution in [-0.2, 0) is 10.0 Å². The predicted octanol–water partition coefficient (Wildman–Crippen LogP) is 1.01. The minimum Gasteiger partial charge on any atom is -0.396 e. The highest BCUT2D eigenvalue weighted by Crippen LogP contribution is 2.22. The van der Waals surface area contributed by atoms with E-state index in [-0.39, 0.29) is 11.9 Å². The molecule has 1 aliphatic rings. The lowest BCUT2D eigenvalue weighted by molar-refractivity contribution is 0.285. The number of aliphatic hydroxyl groups is 1. The van der Waals surface area contributed by atoms with Crippen molar-refractivity contribution in [1.29, 1.82) is 0 Å². The molecule has 15 heavy (non-hydrogen) atoms. The molecule has 0 aromatic heterocycles. The van der Waals surface area contributed by atoms with Crippen LogP contribution in [0.4, 0.5) is 0 Å². The maximum Gasteiger partial charge on any atom is 0.214 e. The van der Waals surface area contributed by atoms with Gasteiger partial charge in [-0.3, -0.25) is 0 Å². The minimum absolute atomic E-state index is 0.130. The first-order valence-electron chi connectivity index (χ1n) is 5.76. The summed E-state index contributed by atoms with van der Waals surface area (Å²) in [6, 6.07) is 0. The van der Waals surface area contributed by atoms with Gasteiger partial charge in [0.15, 0.2) is 0 Å². The van der Waals surface area contributed by atoms with Crippen molar-refractivity contribution in [2.45, 2.75) is 50.2 Å². The van der Waals surface area contributed by atoms with Crippen molar-refractivity contribution in [3.8, 4) is 0 Å². The van der Waals surface area contributed by atoms with Crippen molar-refractivity contribution in [2.24, 2.45) is 0 Å². The highest BCUT2D eigenvalue weighted by atomic mass is 32.2. The summed E-state index contributed by atoms with van der Waals surface area (Å²) in [5.74, 6) is 0. The third-order valence-corrected chi connectivity index (χ3v) is 4.83. The Balaban J connectivity index is 2.30. The lowest BCUT2D eigenvalue weighted by atomic mass is 10.0. The molecule has 0 unspecified atom stereocenters. The second-order valence-electron chi connectivity index (χ2n) is 4.13. The Labute approximate surface area is 92.1 Å². The second kappa shape index (κ2) is 6.45. The number of hydrogen-bond donors (Lipinski definition) is 2. The molecule has 1 rings (SSSR count). The Bertz CT molecular complexity index is 258. The molecule has 0 heterocycles. The average Bonchev–Trinajstić information content (AvgIpc) is 2.26. The van der Waals surface area contributed by atoms with Crippen molar-refractivity contribution in [3.63, 3.8) is 0 Å². The number of rotatable bonds is 6. The van der Waals surface area contributed by atoms with E-state index in [1.54, 1.807) is 0 Å². The number of aliphatic hydroxyl groups excluding tert-OH is 1. The monoisotopic (exact) mass is 235 g/mol. The van der Waals surface area contributed by atoms with Gasteiger partial charge in [0.25, 0.3) is 0 Å². The summed E-state index contributed by atoms with van der Waals surface area (Å²) in [6.45, 7) is 0.588. The van der Waals surface area contributed by atoms with Crippen LogP contribution in [0.25, 0.3) is 0 Å². The van der Waals surface area contributed by atoms with Gasteiger partial charge in [0.2, 0.25) is 10.0 Å². The van der Waals surface area contributed by atoms with E-state index in [0.717, 1.165) is 32.1 Å². The number of nitrogens with one attached hydrogen (secondary N) is 1. The Morgan fingerprint density at radius 3 is 2.40 bits per heavy atom. The molecule has 0 radical (unpaired) electrons. The maximum absolute atomic E-state index is 11.8. The highest BCUT2D eigenvalue weighted by molar-refractivity contribution is 7.90. The van der Waals surface area contributed by atoms with Gasteiger partial charge in [-0.25, -0.2) is 13.1 Å². The van der Waals surface area contributed by atoms with Crippen LogP contribution in [0.2, 0.25) is 0 Å². The third kappa shape index (κ3) is 4.49. The van der Waals surface area contributed by atoms with E-state index in [2.05, 4.69) is 4.72 Å². The fourth-order valence-corrected chi connectivity index (χ4v) is 3.56. The van der Waals surface area contributed by atoms with Crippen LogP contribution in [0.15, 0.2) is 0 Å². The largest absolute Gasteiger partial charge is 0.396 e. The first-order chi connectivity index (χ1) is 7.17. The zero-order valence-corrected chi connectivity index (χ0v) is 9.93. The Kier molecular flexibility index (Phi) is 5.56. The number of hydrogen-bond acceptors (Lipinski definition) is 3. The molecular formula is C10H21NO3S. The van der Waals surface area contributed by atoms with Gasteiger partial charge in [-0.15, -0.1) is 0 Å². The molecule has 0 saturated heterocycles. The molecule has 1 aliphatic carbocycles. The van der Waals surface area contributed by atoms with E-state index in [0.29, 0.717) is 19.4 Å². The highest BCUT2D eigenvalue weighted by Gasteiger charge is 2.26. The molecule has 1 fully saturated rings. The molecule has 0 amide bonds. The molecule has 0 aromatic carbocycles. The molecule has 2 N–H and O–H groups in total. The van der Waals surface area contributed by atoms with Crippen LogP contribution in [0.3, 0.4) is 0 Å². The molecule has 4 nitrogen and oxygen atoms in total. The summed E-state index contributed by atoms with van der Waals surface area (Å²) in [5, 5.41) is 8.39. The SMILES string of the molecule is O=S(=O)(NCCCCO)C1CCCCC1. The fraction of sp³-hybridized carbons (Fsp3) is 1.00. The summed E-state index contributed by atoms with van der Waals surface area (Å²) < 4.78 is 26.2. The van der Waals surface area contributed by atoms with E-state index >= 15 is 0 Å². The molecule has 1 saturated carbocycles. The van der Waals surface area contributed by atoms with Gasteiger partial charge in [-0.05, 0) is 25.7 Å². The summed E-state index contributed by atoms with van der Waals surface area (Å²) in [4.78, 5) is 0. The van der Waals surface area contributed by atoms with Crippen LogP contribution in [0.1, 0.15) is 44.9 Å². The number of sulfonamides is 1. The summed E-state index contributed by atoms with van der Waals surface area (Å²) in [6.07, 6.45) is 6.20. The first kappa shape index (κ1) is 12.9. The van der Waals surface area contributed by atoms with E-state index in [1.807, 2.05) is 0 Å². The molecule has 5 heteroatoms. The van der Waals surface area contributed by atoms with E-state index in [4.69, 9.17) is 5.11 Å². The quantitative estimate of drug-likeness (QED) is 0.675. The third-order valence-electron chi connectivity index (χ3n) is 2.88. The van der Waals surface area contributed by atoms with Crippen molar-refractivity contribution in [2.75, 3.05) is 13.2 Å². The van der Waals surface area contributed by atoms with Gasteiger partial charge in [0, 0.05) is 13.2 Å². The zero-order valence-electron chi connectivity index (χ0n) is 9.11. The molecule has 0 bridgehead atoms. The predicted molar refractivity (Wildman–Crippen MR) is 60.1 cm³/mol. The van der Waals surface area contributed by atoms with Crippen LogP contribution in [0, 0.1) is 0 Å². The lowest BCUT2D eigenvalue weighted by Gasteiger charge is -2.21. The van der Waals surface area contributed by atoms with E-state index in [9.17, 15) is 8.42 Å². The lowest BCUT2D eigenvalue weighted by Crippen LogP contribution is -2.36. The van der Waals surface area contributed by atoms with Crippen LogP contribution >= 0.6 is 0 Å². The Hall–Kier alpha value is -0.130. The van der Waals surface area contributed by atoms with E-state index < -0.39 is 10.0 Å².